The largest absolute Gasteiger partial charge is 0.488 e. The highest BCUT2D eigenvalue weighted by Crippen LogP contribution is 2.02. The van der Waals surface area contributed by atoms with E-state index in [0.717, 1.165) is 5.69 Å². The van der Waals surface area contributed by atoms with Crippen LogP contribution in [0, 0.1) is 6.92 Å². The average molecular weight is 203 g/mol. The van der Waals surface area contributed by atoms with Crippen LogP contribution in [-0.4, -0.2) is 31.7 Å². The summed E-state index contributed by atoms with van der Waals surface area (Å²) < 4.78 is 1.72. The maximum Gasteiger partial charge on any atom is 0.488 e. The molecule has 0 aromatic carbocycles. The van der Waals surface area contributed by atoms with Crippen LogP contribution in [0.4, 0.5) is 0 Å². The van der Waals surface area contributed by atoms with E-state index >= 15 is 0 Å². The third kappa shape index (κ3) is 2.06. The highest BCUT2D eigenvalue weighted by atomic mass is 16.4. The van der Waals surface area contributed by atoms with Crippen molar-refractivity contribution in [1.29, 1.82) is 0 Å². The Morgan fingerprint density at radius 3 is 2.73 bits per heavy atom. The van der Waals surface area contributed by atoms with Crippen LogP contribution < -0.4 is 5.46 Å². The Morgan fingerprint density at radius 2 is 2.13 bits per heavy atom. The Bertz CT molecular complexity index is 470. The first-order valence-corrected chi connectivity index (χ1v) is 4.50. The first kappa shape index (κ1) is 9.88. The zero-order valence-electron chi connectivity index (χ0n) is 8.20. The molecule has 2 rings (SSSR count). The molecule has 0 aliphatic carbocycles. The van der Waals surface area contributed by atoms with Crippen molar-refractivity contribution >= 4 is 12.6 Å². The van der Waals surface area contributed by atoms with Gasteiger partial charge in [-0.3, -0.25) is 4.57 Å². The SMILES string of the molecule is Cc1cn(-c2cc(B(O)O)ccn2)cn1. The molecule has 76 valence electrons. The van der Waals surface area contributed by atoms with Crippen LogP contribution in [-0.2, 0) is 0 Å². The van der Waals surface area contributed by atoms with Crippen LogP contribution in [0.25, 0.3) is 5.82 Å². The fourth-order valence-corrected chi connectivity index (χ4v) is 1.28. The molecule has 0 bridgehead atoms. The third-order valence-electron chi connectivity index (χ3n) is 2.04. The van der Waals surface area contributed by atoms with Crippen molar-refractivity contribution < 1.29 is 10.0 Å². The highest BCUT2D eigenvalue weighted by Gasteiger charge is 2.11. The van der Waals surface area contributed by atoms with Crippen LogP contribution in [0.5, 0.6) is 0 Å². The van der Waals surface area contributed by atoms with Gasteiger partial charge in [0.2, 0.25) is 0 Å². The molecule has 0 aliphatic rings. The Hall–Kier alpha value is -1.66. The molecule has 0 saturated carbocycles. The van der Waals surface area contributed by atoms with Crippen LogP contribution in [0.1, 0.15) is 5.69 Å². The van der Waals surface area contributed by atoms with Crippen LogP contribution in [0.15, 0.2) is 30.9 Å². The van der Waals surface area contributed by atoms with Gasteiger partial charge in [0.15, 0.2) is 0 Å². The van der Waals surface area contributed by atoms with Crippen molar-refractivity contribution in [3.63, 3.8) is 0 Å². The van der Waals surface area contributed by atoms with Crippen molar-refractivity contribution in [2.45, 2.75) is 6.92 Å². The van der Waals surface area contributed by atoms with E-state index in [1.54, 1.807) is 23.0 Å². The first-order valence-electron chi connectivity index (χ1n) is 4.50. The van der Waals surface area contributed by atoms with Crippen molar-refractivity contribution in [3.05, 3.63) is 36.5 Å². The van der Waals surface area contributed by atoms with Gasteiger partial charge >= 0.3 is 7.12 Å². The van der Waals surface area contributed by atoms with Crippen molar-refractivity contribution in [2.24, 2.45) is 0 Å². The second-order valence-electron chi connectivity index (χ2n) is 3.24. The molecular weight excluding hydrogens is 193 g/mol. The van der Waals surface area contributed by atoms with E-state index in [1.807, 2.05) is 13.1 Å². The van der Waals surface area contributed by atoms with Gasteiger partial charge in [0.05, 0.1) is 5.69 Å². The summed E-state index contributed by atoms with van der Waals surface area (Å²) in [6.45, 7) is 1.88. The van der Waals surface area contributed by atoms with Crippen molar-refractivity contribution in [2.75, 3.05) is 0 Å². The molecule has 0 fully saturated rings. The predicted molar refractivity (Wildman–Crippen MR) is 55.9 cm³/mol. The lowest BCUT2D eigenvalue weighted by Crippen LogP contribution is -2.30. The first-order chi connectivity index (χ1) is 7.16. The smallest absolute Gasteiger partial charge is 0.423 e. The number of imidazole rings is 1. The topological polar surface area (TPSA) is 71.2 Å². The van der Waals surface area contributed by atoms with Crippen LogP contribution in [0.2, 0.25) is 0 Å². The summed E-state index contributed by atoms with van der Waals surface area (Å²) in [5.41, 5.74) is 1.29. The van der Waals surface area contributed by atoms with E-state index in [1.165, 1.54) is 6.20 Å². The van der Waals surface area contributed by atoms with Gasteiger partial charge in [-0.15, -0.1) is 0 Å². The molecule has 5 nitrogen and oxygen atoms in total. The molecule has 2 N–H and O–H groups in total. The van der Waals surface area contributed by atoms with Gasteiger partial charge in [0, 0.05) is 12.4 Å². The number of aromatic nitrogens is 3. The molecule has 0 amide bonds. The zero-order valence-corrected chi connectivity index (χ0v) is 8.20. The summed E-state index contributed by atoms with van der Waals surface area (Å²) in [6, 6.07) is 3.16. The minimum Gasteiger partial charge on any atom is -0.423 e. The molecule has 15 heavy (non-hydrogen) atoms. The van der Waals surface area contributed by atoms with Gasteiger partial charge in [-0.2, -0.15) is 0 Å². The molecule has 0 unspecified atom stereocenters. The van der Waals surface area contributed by atoms with Gasteiger partial charge in [-0.05, 0) is 24.5 Å². The molecule has 6 heteroatoms. The summed E-state index contributed by atoms with van der Waals surface area (Å²) in [5, 5.41) is 18.0. The van der Waals surface area contributed by atoms with E-state index in [4.69, 9.17) is 10.0 Å². The number of pyridine rings is 1. The molecular formula is C9H10BN3O2. The van der Waals surface area contributed by atoms with Gasteiger partial charge < -0.3 is 10.0 Å². The minimum absolute atomic E-state index is 0.409. The second kappa shape index (κ2) is 3.84. The molecule has 2 aromatic rings. The minimum atomic E-state index is -1.48. The number of hydrogen-bond acceptors (Lipinski definition) is 4. The van der Waals surface area contributed by atoms with Crippen LogP contribution in [0.3, 0.4) is 0 Å². The van der Waals surface area contributed by atoms with E-state index in [2.05, 4.69) is 9.97 Å². The van der Waals surface area contributed by atoms with E-state index in [0.29, 0.717) is 11.3 Å². The Kier molecular flexibility index (Phi) is 2.53. The number of hydrogen-bond donors (Lipinski definition) is 2. The maximum atomic E-state index is 9.00. The van der Waals surface area contributed by atoms with Gasteiger partial charge in [0.1, 0.15) is 12.1 Å². The summed E-state index contributed by atoms with van der Waals surface area (Å²) in [5.74, 6) is 0.612. The second-order valence-corrected chi connectivity index (χ2v) is 3.24. The molecule has 0 aliphatic heterocycles. The van der Waals surface area contributed by atoms with Crippen molar-refractivity contribution in [3.8, 4) is 5.82 Å². The van der Waals surface area contributed by atoms with E-state index < -0.39 is 7.12 Å². The fourth-order valence-electron chi connectivity index (χ4n) is 1.28. The van der Waals surface area contributed by atoms with Gasteiger partial charge in [-0.25, -0.2) is 9.97 Å². The molecule has 0 saturated heterocycles. The van der Waals surface area contributed by atoms with E-state index in [9.17, 15) is 0 Å². The maximum absolute atomic E-state index is 9.00. The number of aryl methyl sites for hydroxylation is 1. The summed E-state index contributed by atoms with van der Waals surface area (Å²) in [6.07, 6.45) is 4.97. The molecule has 2 aromatic heterocycles. The Balaban J connectivity index is 2.41. The quantitative estimate of drug-likeness (QED) is 0.630. The summed E-state index contributed by atoms with van der Waals surface area (Å²) in [7, 11) is -1.48. The number of rotatable bonds is 2. The van der Waals surface area contributed by atoms with Gasteiger partial charge in [0.25, 0.3) is 0 Å². The van der Waals surface area contributed by atoms with E-state index in [-0.39, 0.29) is 0 Å². The normalized spacial score (nSPS) is 10.3. The van der Waals surface area contributed by atoms with Crippen molar-refractivity contribution in [1.82, 2.24) is 14.5 Å². The average Bonchev–Trinajstić information content (AvgIpc) is 2.65. The third-order valence-corrected chi connectivity index (χ3v) is 2.04. The lowest BCUT2D eigenvalue weighted by molar-refractivity contribution is 0.425. The Morgan fingerprint density at radius 1 is 1.33 bits per heavy atom. The molecule has 0 spiro atoms. The summed E-state index contributed by atoms with van der Waals surface area (Å²) >= 11 is 0. The molecule has 0 atom stereocenters. The van der Waals surface area contributed by atoms with Gasteiger partial charge in [-0.1, -0.05) is 0 Å². The monoisotopic (exact) mass is 203 g/mol. The predicted octanol–water partition coefficient (Wildman–Crippen LogP) is -0.744. The molecule has 0 radical (unpaired) electrons. The standard InChI is InChI=1S/C9H10BN3O2/c1-7-5-13(6-12-7)9-4-8(10(14)15)2-3-11-9/h2-6,14-15H,1H3. The lowest BCUT2D eigenvalue weighted by Gasteiger charge is -2.03. The lowest BCUT2D eigenvalue weighted by atomic mass is 9.81. The fraction of sp³-hybridized carbons (Fsp3) is 0.111. The number of nitrogens with zero attached hydrogens (tertiary/aromatic N) is 3. The Labute approximate surface area is 87.2 Å². The highest BCUT2D eigenvalue weighted by molar-refractivity contribution is 6.58. The summed E-state index contributed by atoms with van der Waals surface area (Å²) in [4.78, 5) is 8.17. The van der Waals surface area contributed by atoms with Crippen LogP contribution >= 0.6 is 0 Å². The zero-order chi connectivity index (χ0) is 10.8. The molecule has 2 heterocycles.